The second kappa shape index (κ2) is 8.71. The first-order valence-electron chi connectivity index (χ1n) is 8.50. The fourth-order valence-corrected chi connectivity index (χ4v) is 3.20. The third-order valence-electron chi connectivity index (χ3n) is 4.82. The van der Waals surface area contributed by atoms with E-state index in [1.165, 1.54) is 4.90 Å². The molecular weight excluding hydrogens is 324 g/mol. The maximum absolute atomic E-state index is 12.0. The molecule has 1 aromatic carbocycles. The Balaban J connectivity index is 1.94. The van der Waals surface area contributed by atoms with Crippen LogP contribution in [-0.4, -0.2) is 57.2 Å². The second-order valence-electron chi connectivity index (χ2n) is 6.25. The molecule has 0 unspecified atom stereocenters. The Morgan fingerprint density at radius 1 is 1.16 bits per heavy atom. The van der Waals surface area contributed by atoms with Crippen molar-refractivity contribution in [3.05, 3.63) is 23.8 Å². The highest BCUT2D eigenvalue weighted by Gasteiger charge is 2.28. The van der Waals surface area contributed by atoms with E-state index in [1.54, 1.807) is 19.1 Å². The quantitative estimate of drug-likeness (QED) is 0.684. The van der Waals surface area contributed by atoms with Crippen molar-refractivity contribution in [2.75, 3.05) is 40.4 Å². The van der Waals surface area contributed by atoms with Gasteiger partial charge in [-0.15, -0.1) is 0 Å². The van der Waals surface area contributed by atoms with Gasteiger partial charge in [-0.1, -0.05) is 0 Å². The predicted molar refractivity (Wildman–Crippen MR) is 89.5 cm³/mol. The lowest BCUT2D eigenvalue weighted by atomic mass is 10.0. The van der Waals surface area contributed by atoms with Crippen LogP contribution >= 0.6 is 0 Å². The SMILES string of the molecule is COc1ccc([C@@H](C)[NH+]2CCN(C(=O)CCC(=O)[O-])CC2)cc1OC. The number of piperazine rings is 1. The van der Waals surface area contributed by atoms with Crippen molar-refractivity contribution in [3.63, 3.8) is 0 Å². The molecule has 0 aromatic heterocycles. The minimum absolute atomic E-state index is 0.0168. The van der Waals surface area contributed by atoms with E-state index in [-0.39, 0.29) is 24.8 Å². The van der Waals surface area contributed by atoms with E-state index in [0.717, 1.165) is 18.7 Å². The number of carbonyl (C=O) groups excluding carboxylic acids is 2. The van der Waals surface area contributed by atoms with Gasteiger partial charge in [0, 0.05) is 18.0 Å². The van der Waals surface area contributed by atoms with E-state index in [4.69, 9.17) is 9.47 Å². The number of nitrogens with zero attached hydrogens (tertiary/aromatic N) is 1. The van der Waals surface area contributed by atoms with Gasteiger partial charge in [-0.2, -0.15) is 0 Å². The number of carboxylic acids is 1. The molecule has 1 amide bonds. The lowest BCUT2D eigenvalue weighted by Gasteiger charge is -2.35. The van der Waals surface area contributed by atoms with E-state index >= 15 is 0 Å². The number of ether oxygens (including phenoxy) is 2. The van der Waals surface area contributed by atoms with Crippen molar-refractivity contribution in [3.8, 4) is 11.5 Å². The second-order valence-corrected chi connectivity index (χ2v) is 6.25. The number of benzene rings is 1. The largest absolute Gasteiger partial charge is 0.550 e. The van der Waals surface area contributed by atoms with Crippen molar-refractivity contribution in [2.24, 2.45) is 0 Å². The monoisotopic (exact) mass is 350 g/mol. The summed E-state index contributed by atoms with van der Waals surface area (Å²) in [6.07, 6.45) is -0.198. The lowest BCUT2D eigenvalue weighted by Crippen LogP contribution is -3.14. The molecule has 1 aromatic rings. The number of hydrogen-bond donors (Lipinski definition) is 1. The van der Waals surface area contributed by atoms with E-state index in [9.17, 15) is 14.7 Å². The molecule has 1 aliphatic rings. The van der Waals surface area contributed by atoms with Crippen molar-refractivity contribution >= 4 is 11.9 Å². The third kappa shape index (κ3) is 4.85. The Morgan fingerprint density at radius 3 is 2.36 bits per heavy atom. The Labute approximate surface area is 148 Å². The summed E-state index contributed by atoms with van der Waals surface area (Å²) in [5.41, 5.74) is 1.16. The summed E-state index contributed by atoms with van der Waals surface area (Å²) in [6.45, 7) is 5.08. The molecule has 1 aliphatic heterocycles. The van der Waals surface area contributed by atoms with Gasteiger partial charge in [-0.05, 0) is 31.5 Å². The summed E-state index contributed by atoms with van der Waals surface area (Å²) in [4.78, 5) is 25.6. The molecule has 0 saturated carbocycles. The summed E-state index contributed by atoms with van der Waals surface area (Å²) in [5, 5.41) is 10.5. The molecule has 1 fully saturated rings. The number of hydrogen-bond acceptors (Lipinski definition) is 5. The van der Waals surface area contributed by atoms with Crippen LogP contribution in [-0.2, 0) is 9.59 Å². The van der Waals surface area contributed by atoms with Crippen LogP contribution in [0.5, 0.6) is 11.5 Å². The van der Waals surface area contributed by atoms with Gasteiger partial charge in [-0.25, -0.2) is 0 Å². The molecular formula is C18H26N2O5. The van der Waals surface area contributed by atoms with Crippen LogP contribution < -0.4 is 19.5 Å². The first-order valence-corrected chi connectivity index (χ1v) is 8.50. The molecule has 7 heteroatoms. The highest BCUT2D eigenvalue weighted by atomic mass is 16.5. The summed E-state index contributed by atoms with van der Waals surface area (Å²) >= 11 is 0. The van der Waals surface area contributed by atoms with E-state index in [0.29, 0.717) is 24.6 Å². The van der Waals surface area contributed by atoms with Crippen molar-refractivity contribution in [2.45, 2.75) is 25.8 Å². The minimum Gasteiger partial charge on any atom is -0.550 e. The normalized spacial score (nSPS) is 16.4. The number of quaternary nitrogens is 1. The van der Waals surface area contributed by atoms with Crippen LogP contribution in [0.15, 0.2) is 18.2 Å². The lowest BCUT2D eigenvalue weighted by molar-refractivity contribution is -0.933. The highest BCUT2D eigenvalue weighted by Crippen LogP contribution is 2.29. The van der Waals surface area contributed by atoms with Crippen LogP contribution in [0.25, 0.3) is 0 Å². The standard InChI is InChI=1S/C18H26N2O5/c1-13(14-4-5-15(24-2)16(12-14)25-3)19-8-10-20(11-9-19)17(21)6-7-18(22)23/h4-5,12-13H,6-11H2,1-3H3,(H,22,23)/t13-/m1/s1. The number of carboxylic acid groups (broad SMARTS) is 1. The molecule has 0 spiro atoms. The molecule has 1 heterocycles. The maximum Gasteiger partial charge on any atom is 0.223 e. The molecule has 1 N–H and O–H groups in total. The van der Waals surface area contributed by atoms with Crippen LogP contribution in [0, 0.1) is 0 Å². The Bertz CT molecular complexity index is 611. The first kappa shape index (κ1) is 19.1. The Morgan fingerprint density at radius 2 is 1.80 bits per heavy atom. The molecule has 0 radical (unpaired) electrons. The molecule has 7 nitrogen and oxygen atoms in total. The van der Waals surface area contributed by atoms with Gasteiger partial charge in [-0.3, -0.25) is 4.79 Å². The van der Waals surface area contributed by atoms with Gasteiger partial charge in [0.25, 0.3) is 0 Å². The van der Waals surface area contributed by atoms with Crippen molar-refractivity contribution < 1.29 is 29.1 Å². The summed E-state index contributed by atoms with van der Waals surface area (Å²) in [6, 6.07) is 6.20. The number of methoxy groups -OCH3 is 2. The Hall–Kier alpha value is -2.28. The van der Waals surface area contributed by atoms with E-state index in [1.807, 2.05) is 18.2 Å². The fourth-order valence-electron chi connectivity index (χ4n) is 3.20. The molecule has 1 saturated heterocycles. The minimum atomic E-state index is -1.18. The number of rotatable bonds is 7. The smallest absolute Gasteiger partial charge is 0.223 e. The fraction of sp³-hybridized carbons (Fsp3) is 0.556. The first-order chi connectivity index (χ1) is 12.0. The topological polar surface area (TPSA) is 83.3 Å². The number of nitrogens with one attached hydrogen (secondary N) is 1. The zero-order chi connectivity index (χ0) is 18.4. The third-order valence-corrected chi connectivity index (χ3v) is 4.82. The molecule has 138 valence electrons. The van der Waals surface area contributed by atoms with Crippen molar-refractivity contribution in [1.29, 1.82) is 0 Å². The zero-order valence-electron chi connectivity index (χ0n) is 15.0. The van der Waals surface area contributed by atoms with E-state index < -0.39 is 5.97 Å². The van der Waals surface area contributed by atoms with Crippen LogP contribution in [0.3, 0.4) is 0 Å². The van der Waals surface area contributed by atoms with Gasteiger partial charge in [0.15, 0.2) is 11.5 Å². The Kier molecular flexibility index (Phi) is 6.64. The van der Waals surface area contributed by atoms with Gasteiger partial charge in [0.1, 0.15) is 6.04 Å². The number of amides is 1. The van der Waals surface area contributed by atoms with Crippen LogP contribution in [0.1, 0.15) is 31.4 Å². The maximum atomic E-state index is 12.0. The zero-order valence-corrected chi connectivity index (χ0v) is 15.0. The van der Waals surface area contributed by atoms with Crippen molar-refractivity contribution in [1.82, 2.24) is 4.90 Å². The average molecular weight is 350 g/mol. The molecule has 25 heavy (non-hydrogen) atoms. The number of aliphatic carboxylic acids is 1. The molecule has 0 bridgehead atoms. The van der Waals surface area contributed by atoms with E-state index in [2.05, 4.69) is 6.92 Å². The number of carbonyl (C=O) groups is 2. The van der Waals surface area contributed by atoms with Gasteiger partial charge >= 0.3 is 0 Å². The predicted octanol–water partition coefficient (Wildman–Crippen LogP) is -0.978. The summed E-state index contributed by atoms with van der Waals surface area (Å²) < 4.78 is 10.6. The highest BCUT2D eigenvalue weighted by molar-refractivity contribution is 5.80. The van der Waals surface area contributed by atoms with Crippen LogP contribution in [0.2, 0.25) is 0 Å². The van der Waals surface area contributed by atoms with Gasteiger partial charge in [0.05, 0.1) is 40.4 Å². The summed E-state index contributed by atoms with van der Waals surface area (Å²) in [5.74, 6) is 0.126. The van der Waals surface area contributed by atoms with Gasteiger partial charge < -0.3 is 29.2 Å². The average Bonchev–Trinajstić information content (AvgIpc) is 2.64. The molecule has 0 aliphatic carbocycles. The van der Waals surface area contributed by atoms with Gasteiger partial charge in [0.2, 0.25) is 5.91 Å². The molecule has 1 atom stereocenters. The molecule has 2 rings (SSSR count). The van der Waals surface area contributed by atoms with Crippen LogP contribution in [0.4, 0.5) is 0 Å². The summed E-state index contributed by atoms with van der Waals surface area (Å²) in [7, 11) is 3.24.